The van der Waals surface area contributed by atoms with Gasteiger partial charge < -0.3 is 30.0 Å². The van der Waals surface area contributed by atoms with Gasteiger partial charge in [-0.3, -0.25) is 9.78 Å². The number of imidazole rings is 1. The van der Waals surface area contributed by atoms with E-state index in [9.17, 15) is 9.18 Å². The molecule has 0 unspecified atom stereocenters. The van der Waals surface area contributed by atoms with Crippen LogP contribution in [0, 0.1) is 11.6 Å². The Balaban J connectivity index is 1.57. The highest BCUT2D eigenvalue weighted by atomic mass is 19.1. The zero-order valence-electron chi connectivity index (χ0n) is 21.3. The van der Waals surface area contributed by atoms with Crippen molar-refractivity contribution in [1.82, 2.24) is 14.5 Å². The van der Waals surface area contributed by atoms with Gasteiger partial charge in [-0.05, 0) is 36.8 Å². The van der Waals surface area contributed by atoms with Crippen molar-refractivity contribution < 1.29 is 23.0 Å². The number of nitrogens with zero attached hydrogens (tertiary/aromatic N) is 4. The number of halogens is 2. The van der Waals surface area contributed by atoms with Crippen molar-refractivity contribution in [3.63, 3.8) is 0 Å². The number of hydrogen-bond donors (Lipinski definition) is 2. The zero-order chi connectivity index (χ0) is 27.0. The molecule has 1 amide bonds. The second-order valence-corrected chi connectivity index (χ2v) is 9.14. The number of carbonyl (C=O) groups excluding carboxylic acids is 1. The van der Waals surface area contributed by atoms with Gasteiger partial charge >= 0.3 is 0 Å². The Labute approximate surface area is 218 Å². The second-order valence-electron chi connectivity index (χ2n) is 9.14. The molecule has 2 aromatic carbocycles. The molecule has 198 valence electrons. The molecule has 1 saturated heterocycles. The first kappa shape index (κ1) is 25.6. The molecule has 0 aliphatic carbocycles. The normalized spacial score (nSPS) is 15.3. The number of carbonyl (C=O) groups is 1. The standard InChI is InChI=1S/C27H28F2N6O3/c1-34-19-8-7-18(26(35-12-10-15(30)13-35)24(19)33-21(34)14-37-2)32-27(36)16-9-11-31-25(23(16)29)22-17(28)5-4-6-20(22)38-3/h4-9,11,15H,10,12-14,30H2,1-3H3,(H,32,36)/t15-/m0/s1. The number of nitrogens with one attached hydrogen (secondary N) is 1. The van der Waals surface area contributed by atoms with E-state index < -0.39 is 17.5 Å². The molecule has 1 fully saturated rings. The Bertz CT molecular complexity index is 1520. The third-order valence-corrected chi connectivity index (χ3v) is 6.75. The molecule has 1 aliphatic rings. The van der Waals surface area contributed by atoms with Crippen LogP contribution in [0.15, 0.2) is 42.6 Å². The van der Waals surface area contributed by atoms with Crippen molar-refractivity contribution >= 4 is 28.3 Å². The Morgan fingerprint density at radius 2 is 2.03 bits per heavy atom. The first-order valence-electron chi connectivity index (χ1n) is 12.1. The summed E-state index contributed by atoms with van der Waals surface area (Å²) in [4.78, 5) is 24.3. The van der Waals surface area contributed by atoms with Crippen LogP contribution in [0.3, 0.4) is 0 Å². The molecule has 1 atom stereocenters. The fraction of sp³-hybridized carbons (Fsp3) is 0.296. The van der Waals surface area contributed by atoms with Crippen LogP contribution in [0.2, 0.25) is 0 Å². The molecular formula is C27H28F2N6O3. The molecule has 11 heteroatoms. The minimum atomic E-state index is -0.959. The summed E-state index contributed by atoms with van der Waals surface area (Å²) in [5, 5.41) is 2.84. The van der Waals surface area contributed by atoms with Gasteiger partial charge in [0.25, 0.3) is 5.91 Å². The largest absolute Gasteiger partial charge is 0.496 e. The molecule has 0 radical (unpaired) electrons. The van der Waals surface area contributed by atoms with E-state index in [1.54, 1.807) is 13.2 Å². The average Bonchev–Trinajstić information content (AvgIpc) is 3.47. The summed E-state index contributed by atoms with van der Waals surface area (Å²) in [6.45, 7) is 1.58. The molecule has 38 heavy (non-hydrogen) atoms. The topological polar surface area (TPSA) is 108 Å². The van der Waals surface area contributed by atoms with Gasteiger partial charge in [-0.1, -0.05) is 6.07 Å². The summed E-state index contributed by atoms with van der Waals surface area (Å²) in [5.41, 5.74) is 8.12. The number of pyridine rings is 1. The molecule has 3 heterocycles. The van der Waals surface area contributed by atoms with Crippen LogP contribution >= 0.6 is 0 Å². The number of ether oxygens (including phenoxy) is 2. The lowest BCUT2D eigenvalue weighted by molar-refractivity contribution is 0.102. The second kappa shape index (κ2) is 10.3. The van der Waals surface area contributed by atoms with Gasteiger partial charge in [0.2, 0.25) is 0 Å². The van der Waals surface area contributed by atoms with Gasteiger partial charge in [0.05, 0.1) is 35.1 Å². The number of benzene rings is 2. The van der Waals surface area contributed by atoms with Gasteiger partial charge in [-0.25, -0.2) is 13.8 Å². The van der Waals surface area contributed by atoms with Crippen molar-refractivity contribution in [1.29, 1.82) is 0 Å². The van der Waals surface area contributed by atoms with Crippen LogP contribution in [-0.4, -0.2) is 53.8 Å². The van der Waals surface area contributed by atoms with Crippen molar-refractivity contribution in [2.24, 2.45) is 12.8 Å². The summed E-state index contributed by atoms with van der Waals surface area (Å²) in [5.74, 6) is -1.56. The summed E-state index contributed by atoms with van der Waals surface area (Å²) in [7, 11) is 4.84. The van der Waals surface area contributed by atoms with E-state index in [1.165, 1.54) is 37.6 Å². The summed E-state index contributed by atoms with van der Waals surface area (Å²) in [6, 6.07) is 8.96. The van der Waals surface area contributed by atoms with E-state index in [0.717, 1.165) is 17.8 Å². The SMILES string of the molecule is COCc1nc2c(N3CC[C@H](N)C3)c(NC(=O)c3ccnc(-c4c(F)cccc4OC)c3F)ccc2n1C. The molecule has 9 nitrogen and oxygen atoms in total. The fourth-order valence-electron chi connectivity index (χ4n) is 4.85. The number of amides is 1. The zero-order valence-corrected chi connectivity index (χ0v) is 21.3. The number of methoxy groups -OCH3 is 2. The van der Waals surface area contributed by atoms with E-state index >= 15 is 4.39 Å². The molecule has 4 aromatic rings. The predicted molar refractivity (Wildman–Crippen MR) is 140 cm³/mol. The Morgan fingerprint density at radius 1 is 1.21 bits per heavy atom. The third-order valence-electron chi connectivity index (χ3n) is 6.75. The maximum Gasteiger partial charge on any atom is 0.258 e. The quantitative estimate of drug-likeness (QED) is 0.380. The fourth-order valence-corrected chi connectivity index (χ4v) is 4.85. The molecule has 0 spiro atoms. The lowest BCUT2D eigenvalue weighted by Gasteiger charge is -2.23. The third kappa shape index (κ3) is 4.44. The average molecular weight is 523 g/mol. The van der Waals surface area contributed by atoms with Crippen molar-refractivity contribution in [3.05, 3.63) is 65.6 Å². The summed E-state index contributed by atoms with van der Waals surface area (Å²) in [6.07, 6.45) is 2.05. The Hall–Kier alpha value is -4.09. The van der Waals surface area contributed by atoms with Crippen molar-refractivity contribution in [2.45, 2.75) is 19.1 Å². The highest BCUT2D eigenvalue weighted by molar-refractivity contribution is 6.09. The molecule has 0 bridgehead atoms. The first-order valence-corrected chi connectivity index (χ1v) is 12.1. The Kier molecular flexibility index (Phi) is 6.96. The summed E-state index contributed by atoms with van der Waals surface area (Å²) >= 11 is 0. The van der Waals surface area contributed by atoms with E-state index in [0.29, 0.717) is 36.6 Å². The number of nitrogens with two attached hydrogens (primary N) is 1. The molecular weight excluding hydrogens is 494 g/mol. The number of fused-ring (bicyclic) bond motifs is 1. The first-order chi connectivity index (χ1) is 18.3. The molecule has 1 aliphatic heterocycles. The van der Waals surface area contributed by atoms with Crippen LogP contribution in [-0.2, 0) is 18.4 Å². The van der Waals surface area contributed by atoms with Gasteiger partial charge in [-0.2, -0.15) is 0 Å². The predicted octanol–water partition coefficient (Wildman–Crippen LogP) is 3.86. The van der Waals surface area contributed by atoms with Crippen LogP contribution in [0.4, 0.5) is 20.2 Å². The van der Waals surface area contributed by atoms with Gasteiger partial charge in [0, 0.05) is 39.5 Å². The van der Waals surface area contributed by atoms with Gasteiger partial charge in [-0.15, -0.1) is 0 Å². The number of aryl methyl sites for hydroxylation is 1. The van der Waals surface area contributed by atoms with Crippen molar-refractivity contribution in [2.75, 3.05) is 37.5 Å². The highest BCUT2D eigenvalue weighted by Gasteiger charge is 2.28. The lowest BCUT2D eigenvalue weighted by Crippen LogP contribution is -2.27. The molecule has 0 saturated carbocycles. The van der Waals surface area contributed by atoms with E-state index in [4.69, 9.17) is 20.2 Å². The monoisotopic (exact) mass is 522 g/mol. The molecule has 2 aromatic heterocycles. The van der Waals surface area contributed by atoms with E-state index in [2.05, 4.69) is 15.2 Å². The maximum absolute atomic E-state index is 15.7. The minimum Gasteiger partial charge on any atom is -0.496 e. The summed E-state index contributed by atoms with van der Waals surface area (Å²) < 4.78 is 42.7. The Morgan fingerprint density at radius 3 is 2.74 bits per heavy atom. The van der Waals surface area contributed by atoms with Crippen LogP contribution in [0.25, 0.3) is 22.3 Å². The minimum absolute atomic E-state index is 0.0214. The molecule has 3 N–H and O–H groups in total. The highest BCUT2D eigenvalue weighted by Crippen LogP contribution is 2.38. The maximum atomic E-state index is 15.7. The number of anilines is 2. The van der Waals surface area contributed by atoms with Crippen LogP contribution in [0.1, 0.15) is 22.6 Å². The number of aromatic nitrogens is 3. The van der Waals surface area contributed by atoms with Gasteiger partial charge in [0.1, 0.15) is 35.2 Å². The number of rotatable bonds is 7. The van der Waals surface area contributed by atoms with Crippen molar-refractivity contribution in [3.8, 4) is 17.0 Å². The smallest absolute Gasteiger partial charge is 0.258 e. The van der Waals surface area contributed by atoms with E-state index in [-0.39, 0.29) is 28.6 Å². The number of hydrogen-bond acceptors (Lipinski definition) is 7. The van der Waals surface area contributed by atoms with E-state index in [1.807, 2.05) is 17.7 Å². The van der Waals surface area contributed by atoms with Gasteiger partial charge in [0.15, 0.2) is 5.82 Å². The van der Waals surface area contributed by atoms with Crippen LogP contribution in [0.5, 0.6) is 5.75 Å². The lowest BCUT2D eigenvalue weighted by atomic mass is 10.1. The molecule has 5 rings (SSSR count). The van der Waals surface area contributed by atoms with Crippen LogP contribution < -0.4 is 20.7 Å².